The van der Waals surface area contributed by atoms with Crippen molar-refractivity contribution in [1.29, 1.82) is 0 Å². The van der Waals surface area contributed by atoms with Crippen molar-refractivity contribution in [2.75, 3.05) is 6.54 Å². The van der Waals surface area contributed by atoms with E-state index in [1.165, 1.54) is 4.31 Å². The summed E-state index contributed by atoms with van der Waals surface area (Å²) in [4.78, 5) is 14.7. The molecular weight excluding hydrogens is 408 g/mol. The molecule has 0 aromatic heterocycles. The van der Waals surface area contributed by atoms with E-state index >= 15 is 0 Å². The minimum atomic E-state index is -3.85. The van der Waals surface area contributed by atoms with Crippen LogP contribution in [-0.4, -0.2) is 36.2 Å². The average molecular weight is 433 g/mol. The van der Waals surface area contributed by atoms with Crippen molar-refractivity contribution >= 4 is 22.0 Å². The van der Waals surface area contributed by atoms with Crippen molar-refractivity contribution in [3.05, 3.63) is 108 Å². The first-order valence-corrected chi connectivity index (χ1v) is 11.5. The second-order valence-corrected chi connectivity index (χ2v) is 9.44. The number of amides is 1. The first-order valence-electron chi connectivity index (χ1n) is 10.1. The Kier molecular flexibility index (Phi) is 6.02. The van der Waals surface area contributed by atoms with Gasteiger partial charge in [-0.05, 0) is 36.3 Å². The molecule has 158 valence electrons. The Morgan fingerprint density at radius 1 is 0.903 bits per heavy atom. The van der Waals surface area contributed by atoms with Gasteiger partial charge in [0.2, 0.25) is 15.9 Å². The van der Waals surface area contributed by atoms with Gasteiger partial charge in [-0.3, -0.25) is 4.79 Å². The molecule has 0 unspecified atom stereocenters. The minimum Gasteiger partial charge on any atom is -0.317 e. The smallest absolute Gasteiger partial charge is 0.245 e. The number of aryl methyl sites for hydroxylation is 1. The van der Waals surface area contributed by atoms with Crippen molar-refractivity contribution in [2.24, 2.45) is 0 Å². The average Bonchev–Trinajstić information content (AvgIpc) is 3.10. The molecule has 1 aliphatic heterocycles. The lowest BCUT2D eigenvalue weighted by Crippen LogP contribution is -2.40. The third-order valence-electron chi connectivity index (χ3n) is 5.31. The Bertz CT molecular complexity index is 1170. The molecule has 0 bridgehead atoms. The van der Waals surface area contributed by atoms with Crippen LogP contribution in [0.4, 0.5) is 0 Å². The summed E-state index contributed by atoms with van der Waals surface area (Å²) in [5.74, 6) is -0.220. The van der Waals surface area contributed by atoms with Gasteiger partial charge in [-0.2, -0.15) is 4.31 Å². The zero-order chi connectivity index (χ0) is 21.8. The quantitative estimate of drug-likeness (QED) is 0.590. The highest BCUT2D eigenvalue weighted by Gasteiger charge is 2.43. The number of carbonyl (C=O) groups excluding carboxylic acids is 1. The fourth-order valence-corrected chi connectivity index (χ4v) is 5.12. The van der Waals surface area contributed by atoms with Crippen LogP contribution < -0.4 is 0 Å². The lowest BCUT2D eigenvalue weighted by atomic mass is 10.2. The maximum absolute atomic E-state index is 13.4. The van der Waals surface area contributed by atoms with E-state index in [-0.39, 0.29) is 17.3 Å². The van der Waals surface area contributed by atoms with Gasteiger partial charge in [-0.1, -0.05) is 84.4 Å². The van der Waals surface area contributed by atoms with Crippen LogP contribution in [0, 0.1) is 6.92 Å². The molecule has 5 nitrogen and oxygen atoms in total. The zero-order valence-electron chi connectivity index (χ0n) is 17.3. The third kappa shape index (κ3) is 4.60. The topological polar surface area (TPSA) is 57.7 Å². The van der Waals surface area contributed by atoms with Crippen LogP contribution >= 0.6 is 0 Å². The molecule has 0 radical (unpaired) electrons. The Balaban J connectivity index is 1.71. The number of nitrogens with zero attached hydrogens (tertiary/aromatic N) is 2. The van der Waals surface area contributed by atoms with Crippen LogP contribution in [0.25, 0.3) is 6.08 Å². The van der Waals surface area contributed by atoms with Crippen LogP contribution in [0.15, 0.2) is 95.9 Å². The number of carbonyl (C=O) groups is 1. The van der Waals surface area contributed by atoms with Gasteiger partial charge in [-0.15, -0.1) is 0 Å². The fourth-order valence-electron chi connectivity index (χ4n) is 3.62. The van der Waals surface area contributed by atoms with Gasteiger partial charge < -0.3 is 4.90 Å². The standard InChI is InChI=1S/C25H24N2O3S/c1-20-12-15-23(16-13-20)31(29,30)27-19-25(28)26(18-22-10-6-3-7-11-22)24(27)17-14-21-8-4-2-5-9-21/h2-17,24H,18-19H2,1H3/b17-14+/t24-/m0/s1. The number of benzene rings is 3. The summed E-state index contributed by atoms with van der Waals surface area (Å²) in [7, 11) is -3.85. The molecular formula is C25H24N2O3S. The molecule has 0 saturated carbocycles. The van der Waals surface area contributed by atoms with Gasteiger partial charge in [0.25, 0.3) is 0 Å². The Morgan fingerprint density at radius 3 is 2.16 bits per heavy atom. The summed E-state index contributed by atoms with van der Waals surface area (Å²) in [6.45, 7) is 2.05. The van der Waals surface area contributed by atoms with E-state index in [0.717, 1.165) is 16.7 Å². The van der Waals surface area contributed by atoms with Crippen molar-refractivity contribution < 1.29 is 13.2 Å². The molecule has 3 aromatic carbocycles. The molecule has 1 heterocycles. The van der Waals surface area contributed by atoms with Crippen molar-refractivity contribution in [2.45, 2.75) is 24.5 Å². The minimum absolute atomic E-state index is 0.186. The molecule has 31 heavy (non-hydrogen) atoms. The van der Waals surface area contributed by atoms with Gasteiger partial charge >= 0.3 is 0 Å². The number of rotatable bonds is 6. The molecule has 1 amide bonds. The van der Waals surface area contributed by atoms with Crippen LogP contribution in [-0.2, 0) is 21.4 Å². The van der Waals surface area contributed by atoms with E-state index in [2.05, 4.69) is 0 Å². The van der Waals surface area contributed by atoms with Gasteiger partial charge in [0.15, 0.2) is 0 Å². The molecule has 6 heteroatoms. The lowest BCUT2D eigenvalue weighted by Gasteiger charge is -2.27. The fraction of sp³-hybridized carbons (Fsp3) is 0.160. The summed E-state index contributed by atoms with van der Waals surface area (Å²) >= 11 is 0. The molecule has 1 aliphatic rings. The van der Waals surface area contributed by atoms with Gasteiger partial charge in [0, 0.05) is 6.54 Å². The Labute approximate surface area is 183 Å². The highest BCUT2D eigenvalue weighted by Crippen LogP contribution is 2.28. The second-order valence-electron chi connectivity index (χ2n) is 7.55. The first kappa shape index (κ1) is 21.0. The van der Waals surface area contributed by atoms with E-state index in [4.69, 9.17) is 0 Å². The monoisotopic (exact) mass is 432 g/mol. The second kappa shape index (κ2) is 8.88. The normalized spacial score (nSPS) is 17.5. The van der Waals surface area contributed by atoms with Gasteiger partial charge in [-0.25, -0.2) is 8.42 Å². The largest absolute Gasteiger partial charge is 0.317 e. The van der Waals surface area contributed by atoms with Crippen LogP contribution in [0.2, 0.25) is 0 Å². The van der Waals surface area contributed by atoms with Gasteiger partial charge in [0.1, 0.15) is 6.17 Å². The maximum atomic E-state index is 13.4. The van der Waals surface area contributed by atoms with Crippen molar-refractivity contribution in [3.8, 4) is 0 Å². The summed E-state index contributed by atoms with van der Waals surface area (Å²) < 4.78 is 28.1. The summed E-state index contributed by atoms with van der Waals surface area (Å²) in [6, 6.07) is 25.9. The molecule has 3 aromatic rings. The van der Waals surface area contributed by atoms with Crippen molar-refractivity contribution in [1.82, 2.24) is 9.21 Å². The summed E-state index contributed by atoms with van der Waals surface area (Å²) in [5, 5.41) is 0. The molecule has 0 aliphatic carbocycles. The highest BCUT2D eigenvalue weighted by atomic mass is 32.2. The van der Waals surface area contributed by atoms with E-state index in [9.17, 15) is 13.2 Å². The van der Waals surface area contributed by atoms with E-state index < -0.39 is 16.2 Å². The first-order chi connectivity index (χ1) is 14.9. The Hall–Kier alpha value is -3.22. The molecule has 1 fully saturated rings. The molecule has 4 rings (SSSR count). The Morgan fingerprint density at radius 2 is 1.52 bits per heavy atom. The van der Waals surface area contributed by atoms with Crippen LogP contribution in [0.5, 0.6) is 0 Å². The van der Waals surface area contributed by atoms with Crippen LogP contribution in [0.1, 0.15) is 16.7 Å². The van der Waals surface area contributed by atoms with Gasteiger partial charge in [0.05, 0.1) is 11.4 Å². The number of hydrogen-bond acceptors (Lipinski definition) is 3. The molecule has 1 saturated heterocycles. The zero-order valence-corrected chi connectivity index (χ0v) is 18.1. The lowest BCUT2D eigenvalue weighted by molar-refractivity contribution is -0.127. The number of hydrogen-bond donors (Lipinski definition) is 0. The summed E-state index contributed by atoms with van der Waals surface area (Å²) in [5.41, 5.74) is 2.86. The SMILES string of the molecule is Cc1ccc(S(=O)(=O)N2CC(=O)N(Cc3ccccc3)[C@@H]2/C=C/c2ccccc2)cc1. The number of sulfonamides is 1. The molecule has 0 spiro atoms. The third-order valence-corrected chi connectivity index (χ3v) is 7.14. The highest BCUT2D eigenvalue weighted by molar-refractivity contribution is 7.89. The van der Waals surface area contributed by atoms with E-state index in [0.29, 0.717) is 6.54 Å². The van der Waals surface area contributed by atoms with Crippen LogP contribution in [0.3, 0.4) is 0 Å². The van der Waals surface area contributed by atoms with Crippen molar-refractivity contribution in [3.63, 3.8) is 0 Å². The van der Waals surface area contributed by atoms with E-state index in [1.807, 2.05) is 73.7 Å². The predicted octanol–water partition coefficient (Wildman–Crippen LogP) is 4.07. The predicted molar refractivity (Wildman–Crippen MR) is 121 cm³/mol. The molecule has 1 atom stereocenters. The maximum Gasteiger partial charge on any atom is 0.245 e. The van der Waals surface area contributed by atoms with E-state index in [1.54, 1.807) is 35.2 Å². The molecule has 0 N–H and O–H groups in total. The summed E-state index contributed by atoms with van der Waals surface area (Å²) in [6.07, 6.45) is 2.94.